The van der Waals surface area contributed by atoms with Crippen molar-refractivity contribution < 1.29 is 9.72 Å². The Labute approximate surface area is 120 Å². The van der Waals surface area contributed by atoms with Gasteiger partial charge in [0.15, 0.2) is 0 Å². The molecule has 1 aromatic carbocycles. The van der Waals surface area contributed by atoms with Gasteiger partial charge in [-0.25, -0.2) is 4.98 Å². The Kier molecular flexibility index (Phi) is 3.39. The maximum Gasteiger partial charge on any atom is 0.269 e. The van der Waals surface area contributed by atoms with Gasteiger partial charge in [0, 0.05) is 35.9 Å². The Balaban J connectivity index is 1.65. The van der Waals surface area contributed by atoms with Gasteiger partial charge in [-0.15, -0.1) is 0 Å². The quantitative estimate of drug-likeness (QED) is 0.666. The molecule has 1 heterocycles. The molecule has 21 heavy (non-hydrogen) atoms. The van der Waals surface area contributed by atoms with Crippen molar-refractivity contribution in [3.63, 3.8) is 0 Å². The maximum atomic E-state index is 12.2. The summed E-state index contributed by atoms with van der Waals surface area (Å²) in [5, 5.41) is 13.4. The Hall–Kier alpha value is -2.70. The van der Waals surface area contributed by atoms with Crippen LogP contribution in [0.5, 0.6) is 0 Å². The number of H-pyrrole nitrogens is 1. The lowest BCUT2D eigenvalue weighted by Crippen LogP contribution is -2.28. The molecule has 108 valence electrons. The lowest BCUT2D eigenvalue weighted by molar-refractivity contribution is -0.384. The zero-order chi connectivity index (χ0) is 14.8. The smallest absolute Gasteiger partial charge is 0.269 e. The molecule has 0 bridgehead atoms. The number of aromatic amines is 1. The number of fused-ring (bicyclic) bond motifs is 1. The fourth-order valence-electron chi connectivity index (χ4n) is 2.54. The van der Waals surface area contributed by atoms with Crippen molar-refractivity contribution in [1.82, 2.24) is 9.97 Å². The zero-order valence-corrected chi connectivity index (χ0v) is 11.2. The number of anilines is 1. The van der Waals surface area contributed by atoms with Crippen LogP contribution in [0.2, 0.25) is 0 Å². The molecule has 0 spiro atoms. The second kappa shape index (κ2) is 5.35. The van der Waals surface area contributed by atoms with Gasteiger partial charge in [-0.1, -0.05) is 0 Å². The minimum atomic E-state index is -0.466. The first kappa shape index (κ1) is 13.3. The number of amides is 1. The van der Waals surface area contributed by atoms with Crippen LogP contribution >= 0.6 is 0 Å². The first-order valence-electron chi connectivity index (χ1n) is 6.70. The van der Waals surface area contributed by atoms with Crippen LogP contribution < -0.4 is 5.32 Å². The van der Waals surface area contributed by atoms with E-state index in [0.717, 1.165) is 24.2 Å². The predicted molar refractivity (Wildman–Crippen MR) is 75.8 cm³/mol. The summed E-state index contributed by atoms with van der Waals surface area (Å²) in [6.45, 7) is 0. The summed E-state index contributed by atoms with van der Waals surface area (Å²) in [4.78, 5) is 29.6. The normalized spacial score (nSPS) is 17.0. The third-order valence-electron chi connectivity index (χ3n) is 3.70. The summed E-state index contributed by atoms with van der Waals surface area (Å²) in [5.74, 6) is -0.169. The van der Waals surface area contributed by atoms with Gasteiger partial charge in [0.05, 0.1) is 16.9 Å². The molecule has 1 aliphatic carbocycles. The summed E-state index contributed by atoms with van der Waals surface area (Å²) >= 11 is 0. The van der Waals surface area contributed by atoms with Gasteiger partial charge in [-0.05, 0) is 25.0 Å². The van der Waals surface area contributed by atoms with E-state index in [1.54, 1.807) is 18.5 Å². The third-order valence-corrected chi connectivity index (χ3v) is 3.70. The van der Waals surface area contributed by atoms with E-state index >= 15 is 0 Å². The van der Waals surface area contributed by atoms with Crippen LogP contribution in [0.3, 0.4) is 0 Å². The summed E-state index contributed by atoms with van der Waals surface area (Å²) in [6, 6.07) is 5.84. The van der Waals surface area contributed by atoms with Crippen molar-refractivity contribution in [2.24, 2.45) is 5.92 Å². The highest BCUT2D eigenvalue weighted by Gasteiger charge is 2.26. The van der Waals surface area contributed by atoms with Crippen LogP contribution in [0.4, 0.5) is 11.4 Å². The minimum Gasteiger partial charge on any atom is -0.348 e. The van der Waals surface area contributed by atoms with Crippen molar-refractivity contribution in [1.29, 1.82) is 0 Å². The predicted octanol–water partition coefficient (Wildman–Crippen LogP) is 2.06. The van der Waals surface area contributed by atoms with Crippen molar-refractivity contribution in [2.45, 2.75) is 19.3 Å². The van der Waals surface area contributed by atoms with Crippen LogP contribution in [0.25, 0.3) is 0 Å². The van der Waals surface area contributed by atoms with E-state index in [1.165, 1.54) is 12.1 Å². The molecule has 0 saturated heterocycles. The Morgan fingerprint density at radius 3 is 2.86 bits per heavy atom. The number of imidazole rings is 1. The fraction of sp³-hybridized carbons (Fsp3) is 0.286. The summed E-state index contributed by atoms with van der Waals surface area (Å²) < 4.78 is 0. The van der Waals surface area contributed by atoms with Gasteiger partial charge in [-0.3, -0.25) is 14.9 Å². The first-order chi connectivity index (χ1) is 10.1. The van der Waals surface area contributed by atoms with Crippen LogP contribution in [0.1, 0.15) is 17.8 Å². The van der Waals surface area contributed by atoms with E-state index in [0.29, 0.717) is 12.1 Å². The molecule has 7 heteroatoms. The number of rotatable bonds is 3. The molecular formula is C14H14N4O3. The number of nitro groups is 1. The van der Waals surface area contributed by atoms with E-state index in [1.807, 2.05) is 0 Å². The summed E-state index contributed by atoms with van der Waals surface area (Å²) in [7, 11) is 0. The lowest BCUT2D eigenvalue weighted by Gasteiger charge is -2.20. The number of hydrogen-bond donors (Lipinski definition) is 2. The number of nitrogens with one attached hydrogen (secondary N) is 2. The van der Waals surface area contributed by atoms with Crippen LogP contribution in [0, 0.1) is 16.0 Å². The highest BCUT2D eigenvalue weighted by atomic mass is 16.6. The van der Waals surface area contributed by atoms with Crippen LogP contribution in [-0.4, -0.2) is 20.8 Å². The highest BCUT2D eigenvalue weighted by Crippen LogP contribution is 2.24. The molecule has 0 aliphatic heterocycles. The van der Waals surface area contributed by atoms with E-state index in [4.69, 9.17) is 0 Å². The summed E-state index contributed by atoms with van der Waals surface area (Å²) in [6.07, 6.45) is 3.85. The summed E-state index contributed by atoms with van der Waals surface area (Å²) in [5.41, 5.74) is 2.63. The maximum absolute atomic E-state index is 12.2. The third kappa shape index (κ3) is 2.76. The molecule has 1 amide bonds. The van der Waals surface area contributed by atoms with Crippen LogP contribution in [-0.2, 0) is 17.6 Å². The molecule has 0 radical (unpaired) electrons. The molecule has 1 aromatic heterocycles. The number of nitrogens with zero attached hydrogens (tertiary/aromatic N) is 2. The molecular weight excluding hydrogens is 272 g/mol. The van der Waals surface area contributed by atoms with Gasteiger partial charge in [0.25, 0.3) is 5.69 Å². The number of non-ortho nitro benzene ring substituents is 1. The molecule has 0 fully saturated rings. The molecule has 2 N–H and O–H groups in total. The lowest BCUT2D eigenvalue weighted by atomic mass is 9.89. The van der Waals surface area contributed by atoms with E-state index in [2.05, 4.69) is 15.3 Å². The Bertz CT molecular complexity index is 678. The average molecular weight is 286 g/mol. The number of carbonyl (C=O) groups excluding carboxylic acids is 1. The van der Waals surface area contributed by atoms with Crippen molar-refractivity contribution in [3.05, 3.63) is 52.1 Å². The molecule has 3 rings (SSSR count). The largest absolute Gasteiger partial charge is 0.348 e. The standard InChI is InChI=1S/C14H14N4O3/c19-14(9-1-6-12-13(7-9)16-8-15-12)17-10-2-4-11(5-3-10)18(20)21/h2-5,8-9H,1,6-7H2,(H,15,16)(H,17,19). The SMILES string of the molecule is O=C(Nc1ccc([N+](=O)[O-])cc1)C1CCc2nc[nH]c2C1. The number of aryl methyl sites for hydroxylation is 1. The van der Waals surface area contributed by atoms with Gasteiger partial charge in [0.1, 0.15) is 0 Å². The fourth-order valence-corrected chi connectivity index (χ4v) is 2.54. The zero-order valence-electron chi connectivity index (χ0n) is 11.2. The van der Waals surface area contributed by atoms with Gasteiger partial charge < -0.3 is 10.3 Å². The number of nitro benzene ring substituents is 1. The van der Waals surface area contributed by atoms with Gasteiger partial charge in [-0.2, -0.15) is 0 Å². The number of hydrogen-bond acceptors (Lipinski definition) is 4. The van der Waals surface area contributed by atoms with Crippen LogP contribution in [0.15, 0.2) is 30.6 Å². The number of carbonyl (C=O) groups is 1. The molecule has 7 nitrogen and oxygen atoms in total. The number of benzene rings is 1. The van der Waals surface area contributed by atoms with Crippen molar-refractivity contribution in [2.75, 3.05) is 5.32 Å². The van der Waals surface area contributed by atoms with E-state index in [-0.39, 0.29) is 17.5 Å². The van der Waals surface area contributed by atoms with Crippen molar-refractivity contribution in [3.8, 4) is 0 Å². The molecule has 1 unspecified atom stereocenters. The first-order valence-corrected chi connectivity index (χ1v) is 6.70. The topological polar surface area (TPSA) is 101 Å². The Morgan fingerprint density at radius 1 is 1.38 bits per heavy atom. The minimum absolute atomic E-state index is 0.00719. The molecule has 2 aromatic rings. The second-order valence-corrected chi connectivity index (χ2v) is 5.06. The number of aromatic nitrogens is 2. The van der Waals surface area contributed by atoms with Crippen molar-refractivity contribution >= 4 is 17.3 Å². The molecule has 1 aliphatic rings. The Morgan fingerprint density at radius 2 is 2.14 bits per heavy atom. The average Bonchev–Trinajstić information content (AvgIpc) is 2.95. The van der Waals surface area contributed by atoms with E-state index < -0.39 is 4.92 Å². The molecule has 0 saturated carbocycles. The van der Waals surface area contributed by atoms with E-state index in [9.17, 15) is 14.9 Å². The highest BCUT2D eigenvalue weighted by molar-refractivity contribution is 5.92. The second-order valence-electron chi connectivity index (χ2n) is 5.06. The van der Waals surface area contributed by atoms with Gasteiger partial charge >= 0.3 is 0 Å². The molecule has 1 atom stereocenters. The van der Waals surface area contributed by atoms with Gasteiger partial charge in [0.2, 0.25) is 5.91 Å². The monoisotopic (exact) mass is 286 g/mol.